The largest absolute Gasteiger partial charge is 0.468 e. The second kappa shape index (κ2) is 6.28. The van der Waals surface area contributed by atoms with Gasteiger partial charge in [0.25, 0.3) is 0 Å². The Morgan fingerprint density at radius 2 is 2.00 bits per heavy atom. The summed E-state index contributed by atoms with van der Waals surface area (Å²) >= 11 is 0. The summed E-state index contributed by atoms with van der Waals surface area (Å²) in [4.78, 5) is 16.3. The van der Waals surface area contributed by atoms with E-state index < -0.39 is 5.41 Å². The minimum atomic E-state index is -0.662. The van der Waals surface area contributed by atoms with Gasteiger partial charge in [-0.05, 0) is 38.5 Å². The fourth-order valence-electron chi connectivity index (χ4n) is 2.14. The normalized spacial score (nSPS) is 13.5. The quantitative estimate of drug-likeness (QED) is 0.878. The highest BCUT2D eigenvalue weighted by Crippen LogP contribution is 2.22. The van der Waals surface area contributed by atoms with E-state index >= 15 is 0 Å². The molecule has 116 valence electrons. The molecule has 0 amide bonds. The molecule has 0 fully saturated rings. The Bertz CT molecular complexity index is 718. The first-order valence-corrected chi connectivity index (χ1v) is 7.27. The number of hydrogen-bond donors (Lipinski definition) is 1. The third-order valence-corrected chi connectivity index (χ3v) is 3.61. The second-order valence-electron chi connectivity index (χ2n) is 6.02. The lowest BCUT2D eigenvalue weighted by molar-refractivity contribution is -0.148. The molecule has 2 N–H and O–H groups in total. The predicted molar refractivity (Wildman–Crippen MR) is 89.2 cm³/mol. The van der Waals surface area contributed by atoms with Gasteiger partial charge < -0.3 is 10.5 Å². The molecule has 1 aromatic heterocycles. The zero-order chi connectivity index (χ0) is 16.3. The Balaban J connectivity index is 2.34. The van der Waals surface area contributed by atoms with Gasteiger partial charge in [0, 0.05) is 11.4 Å². The molecule has 0 saturated heterocycles. The molecule has 1 atom stereocenters. The summed E-state index contributed by atoms with van der Waals surface area (Å²) < 4.78 is 4.80. The molecule has 4 heteroatoms. The number of esters is 1. The maximum Gasteiger partial charge on any atom is 0.315 e. The van der Waals surface area contributed by atoms with E-state index in [1.165, 1.54) is 7.11 Å². The summed E-state index contributed by atoms with van der Waals surface area (Å²) in [5.41, 5.74) is 7.96. The van der Waals surface area contributed by atoms with Crippen LogP contribution < -0.4 is 5.73 Å². The van der Waals surface area contributed by atoms with Crippen molar-refractivity contribution in [3.63, 3.8) is 0 Å². The number of aromatic nitrogens is 1. The van der Waals surface area contributed by atoms with Gasteiger partial charge in [0.05, 0.1) is 23.7 Å². The van der Waals surface area contributed by atoms with Crippen LogP contribution in [0.1, 0.15) is 38.1 Å². The van der Waals surface area contributed by atoms with E-state index in [4.69, 9.17) is 10.5 Å². The lowest BCUT2D eigenvalue weighted by atomic mass is 9.92. The third kappa shape index (κ3) is 3.52. The minimum Gasteiger partial charge on any atom is -0.468 e. The molecule has 2 aromatic rings. The Hall–Kier alpha value is -2.20. The fourth-order valence-corrected chi connectivity index (χ4v) is 2.14. The molecular weight excluding hydrogens is 276 g/mol. The number of carbonyl (C=O) groups is 1. The summed E-state index contributed by atoms with van der Waals surface area (Å²) in [6.45, 7) is 5.56. The molecule has 0 aliphatic heterocycles. The van der Waals surface area contributed by atoms with Crippen molar-refractivity contribution in [3.8, 4) is 0 Å². The molecule has 1 aromatic carbocycles. The van der Waals surface area contributed by atoms with Crippen molar-refractivity contribution in [1.29, 1.82) is 0 Å². The Labute approximate surface area is 131 Å². The molecule has 0 unspecified atom stereocenters. The van der Waals surface area contributed by atoms with Gasteiger partial charge in [-0.1, -0.05) is 30.4 Å². The fraction of sp³-hybridized carbons (Fsp3) is 0.333. The predicted octanol–water partition coefficient (Wildman–Crippen LogP) is 3.47. The zero-order valence-electron chi connectivity index (χ0n) is 13.5. The van der Waals surface area contributed by atoms with E-state index in [9.17, 15) is 4.79 Å². The number of ether oxygens (including phenoxy) is 1. The number of rotatable bonds is 4. The smallest absolute Gasteiger partial charge is 0.315 e. The van der Waals surface area contributed by atoms with Gasteiger partial charge in [-0.3, -0.25) is 9.78 Å². The van der Waals surface area contributed by atoms with Crippen LogP contribution in [0.3, 0.4) is 0 Å². The number of carbonyl (C=O) groups excluding carboxylic acids is 1. The summed E-state index contributed by atoms with van der Waals surface area (Å²) in [5, 5.41) is 1.06. The van der Waals surface area contributed by atoms with Crippen LogP contribution in [0.15, 0.2) is 36.4 Å². The molecule has 2 rings (SSSR count). The van der Waals surface area contributed by atoms with Crippen LogP contribution in [-0.4, -0.2) is 18.1 Å². The van der Waals surface area contributed by atoms with Crippen molar-refractivity contribution in [2.45, 2.75) is 26.8 Å². The first-order valence-electron chi connectivity index (χ1n) is 7.27. The van der Waals surface area contributed by atoms with Crippen molar-refractivity contribution in [1.82, 2.24) is 4.98 Å². The van der Waals surface area contributed by atoms with Crippen LogP contribution in [0.2, 0.25) is 0 Å². The molecule has 4 nitrogen and oxygen atoms in total. The highest BCUT2D eigenvalue weighted by atomic mass is 16.5. The average molecular weight is 298 g/mol. The second-order valence-corrected chi connectivity index (χ2v) is 6.02. The summed E-state index contributed by atoms with van der Waals surface area (Å²) in [6.07, 6.45) is 3.76. The number of nitrogens with zero attached hydrogens (tertiary/aromatic N) is 1. The summed E-state index contributed by atoms with van der Waals surface area (Å²) in [5.74, 6) is -0.262. The van der Waals surface area contributed by atoms with Gasteiger partial charge in [-0.15, -0.1) is 0 Å². The van der Waals surface area contributed by atoms with E-state index in [2.05, 4.69) is 4.98 Å². The van der Waals surface area contributed by atoms with Crippen molar-refractivity contribution >= 4 is 22.9 Å². The number of benzene rings is 1. The highest BCUT2D eigenvalue weighted by molar-refractivity contribution is 5.83. The number of fused-ring (bicyclic) bond motifs is 1. The Kier molecular flexibility index (Phi) is 4.62. The SMILES string of the molecule is COC(=O)C(C)(C)/C=C/c1ccc2ccc([C@@H](C)N)nc2c1. The number of pyridine rings is 1. The summed E-state index contributed by atoms with van der Waals surface area (Å²) in [7, 11) is 1.40. The van der Waals surface area contributed by atoms with Crippen LogP contribution in [0.5, 0.6) is 0 Å². The van der Waals surface area contributed by atoms with E-state index in [-0.39, 0.29) is 12.0 Å². The van der Waals surface area contributed by atoms with Gasteiger partial charge >= 0.3 is 5.97 Å². The maximum absolute atomic E-state index is 11.7. The third-order valence-electron chi connectivity index (χ3n) is 3.61. The van der Waals surface area contributed by atoms with Crippen molar-refractivity contribution in [3.05, 3.63) is 47.7 Å². The highest BCUT2D eigenvalue weighted by Gasteiger charge is 2.24. The minimum absolute atomic E-state index is 0.0955. The van der Waals surface area contributed by atoms with E-state index in [1.807, 2.05) is 63.3 Å². The molecule has 22 heavy (non-hydrogen) atoms. The molecule has 0 aliphatic rings. The lowest BCUT2D eigenvalue weighted by Crippen LogP contribution is -2.22. The van der Waals surface area contributed by atoms with Crippen LogP contribution in [-0.2, 0) is 9.53 Å². The standard InChI is InChI=1S/C18H22N2O2/c1-12(19)15-8-7-14-6-5-13(11-16(14)20-15)9-10-18(2,3)17(21)22-4/h5-12H,19H2,1-4H3/b10-9+/t12-/m1/s1. The molecule has 0 bridgehead atoms. The van der Waals surface area contributed by atoms with Crippen LogP contribution in [0.4, 0.5) is 0 Å². The zero-order valence-corrected chi connectivity index (χ0v) is 13.5. The Morgan fingerprint density at radius 1 is 1.32 bits per heavy atom. The van der Waals surface area contributed by atoms with Crippen LogP contribution in [0.25, 0.3) is 17.0 Å². The monoisotopic (exact) mass is 298 g/mol. The van der Waals surface area contributed by atoms with Crippen molar-refractivity contribution < 1.29 is 9.53 Å². The first kappa shape index (κ1) is 16.2. The van der Waals surface area contributed by atoms with E-state index in [0.29, 0.717) is 0 Å². The van der Waals surface area contributed by atoms with Gasteiger partial charge in [0.1, 0.15) is 0 Å². The topological polar surface area (TPSA) is 65.2 Å². The summed E-state index contributed by atoms with van der Waals surface area (Å²) in [6, 6.07) is 9.88. The molecule has 0 radical (unpaired) electrons. The van der Waals surface area contributed by atoms with Crippen molar-refractivity contribution in [2.75, 3.05) is 7.11 Å². The number of nitrogens with two attached hydrogens (primary N) is 1. The lowest BCUT2D eigenvalue weighted by Gasteiger charge is -2.16. The van der Waals surface area contributed by atoms with E-state index in [1.54, 1.807) is 0 Å². The van der Waals surface area contributed by atoms with Gasteiger partial charge in [-0.2, -0.15) is 0 Å². The average Bonchev–Trinajstić information content (AvgIpc) is 2.51. The number of hydrogen-bond acceptors (Lipinski definition) is 4. The van der Waals surface area contributed by atoms with Gasteiger partial charge in [0.15, 0.2) is 0 Å². The van der Waals surface area contributed by atoms with Crippen molar-refractivity contribution in [2.24, 2.45) is 11.1 Å². The maximum atomic E-state index is 11.7. The van der Waals surface area contributed by atoms with Gasteiger partial charge in [-0.25, -0.2) is 0 Å². The van der Waals surface area contributed by atoms with Crippen LogP contribution >= 0.6 is 0 Å². The Morgan fingerprint density at radius 3 is 2.64 bits per heavy atom. The molecule has 1 heterocycles. The van der Waals surface area contributed by atoms with Gasteiger partial charge in [0.2, 0.25) is 0 Å². The molecule has 0 saturated carbocycles. The van der Waals surface area contributed by atoms with Crippen LogP contribution in [0, 0.1) is 5.41 Å². The number of methoxy groups -OCH3 is 1. The molecule has 0 spiro atoms. The molecule has 0 aliphatic carbocycles. The molecular formula is C18H22N2O2. The first-order chi connectivity index (χ1) is 10.3. The van der Waals surface area contributed by atoms with E-state index in [0.717, 1.165) is 22.2 Å².